The maximum atomic E-state index is 5.77. The molecule has 0 atom stereocenters. The van der Waals surface area contributed by atoms with E-state index in [9.17, 15) is 0 Å². The normalized spacial score (nSPS) is 12.1. The highest BCUT2D eigenvalue weighted by Gasteiger charge is 2.20. The third kappa shape index (κ3) is 1.62. The van der Waals surface area contributed by atoms with E-state index in [0.717, 1.165) is 31.9 Å². The van der Waals surface area contributed by atoms with Crippen molar-refractivity contribution in [2.75, 3.05) is 0 Å². The van der Waals surface area contributed by atoms with Gasteiger partial charge in [0.05, 0.1) is 4.47 Å². The van der Waals surface area contributed by atoms with Gasteiger partial charge in [-0.05, 0) is 46.3 Å². The van der Waals surface area contributed by atoms with Gasteiger partial charge in [-0.15, -0.1) is 0 Å². The van der Waals surface area contributed by atoms with Gasteiger partial charge in [0.2, 0.25) is 0 Å². The summed E-state index contributed by atoms with van der Waals surface area (Å²) < 4.78 is 13.4. The summed E-state index contributed by atoms with van der Waals surface area (Å²) in [6, 6.07) is 11.4. The van der Waals surface area contributed by atoms with Crippen molar-refractivity contribution in [2.45, 2.75) is 0 Å². The number of benzene rings is 2. The molecule has 0 saturated carbocycles. The summed E-state index contributed by atoms with van der Waals surface area (Å²) >= 11 is 6.83. The molecule has 16 heavy (non-hydrogen) atoms. The molecule has 1 aliphatic rings. The zero-order valence-electron chi connectivity index (χ0n) is 8.04. The molecule has 0 amide bonds. The summed E-state index contributed by atoms with van der Waals surface area (Å²) in [6.07, 6.45) is 0. The second-order valence-electron chi connectivity index (χ2n) is 3.36. The minimum atomic E-state index is 0.720. The molecule has 0 fully saturated rings. The van der Waals surface area contributed by atoms with E-state index in [1.165, 1.54) is 0 Å². The Morgan fingerprint density at radius 2 is 1.69 bits per heavy atom. The highest BCUT2D eigenvalue weighted by Crippen LogP contribution is 2.48. The second kappa shape index (κ2) is 3.79. The quantitative estimate of drug-likeness (QED) is 0.565. The predicted molar refractivity (Wildman–Crippen MR) is 68.4 cm³/mol. The van der Waals surface area contributed by atoms with Crippen molar-refractivity contribution in [1.82, 2.24) is 0 Å². The number of para-hydroxylation sites is 1. The van der Waals surface area contributed by atoms with Gasteiger partial charge >= 0.3 is 0 Å². The van der Waals surface area contributed by atoms with Gasteiger partial charge in [-0.2, -0.15) is 0 Å². The molecule has 1 aliphatic heterocycles. The van der Waals surface area contributed by atoms with Crippen molar-refractivity contribution in [3.8, 4) is 23.0 Å². The van der Waals surface area contributed by atoms with Crippen LogP contribution in [0.4, 0.5) is 0 Å². The first-order chi connectivity index (χ1) is 7.74. The van der Waals surface area contributed by atoms with E-state index < -0.39 is 0 Å². The van der Waals surface area contributed by atoms with E-state index in [0.29, 0.717) is 0 Å². The maximum Gasteiger partial charge on any atom is 0.184 e. The lowest BCUT2D eigenvalue weighted by molar-refractivity contribution is 0.357. The smallest absolute Gasteiger partial charge is 0.184 e. The Kier molecular flexibility index (Phi) is 2.41. The summed E-state index contributed by atoms with van der Waals surface area (Å²) in [4.78, 5) is 0. The topological polar surface area (TPSA) is 18.5 Å². The first-order valence-corrected chi connectivity index (χ1v) is 6.26. The summed E-state index contributed by atoms with van der Waals surface area (Å²) in [5, 5.41) is 0. The number of halogens is 2. The standard InChI is InChI=1S/C12H6Br2O2/c13-7-4-5-9-11(6-7)15-10-3-1-2-8(14)12(10)16-9/h1-6H. The number of fused-ring (bicyclic) bond motifs is 2. The zero-order chi connectivity index (χ0) is 11.1. The van der Waals surface area contributed by atoms with Gasteiger partial charge in [-0.3, -0.25) is 0 Å². The molecular formula is C12H6Br2O2. The monoisotopic (exact) mass is 340 g/mol. The third-order valence-electron chi connectivity index (χ3n) is 2.27. The molecule has 0 spiro atoms. The number of ether oxygens (including phenoxy) is 2. The van der Waals surface area contributed by atoms with Gasteiger partial charge in [0.15, 0.2) is 23.0 Å². The van der Waals surface area contributed by atoms with Gasteiger partial charge in [-0.25, -0.2) is 0 Å². The number of hydrogen-bond donors (Lipinski definition) is 0. The molecule has 0 radical (unpaired) electrons. The van der Waals surface area contributed by atoms with E-state index in [1.807, 2.05) is 36.4 Å². The molecule has 2 nitrogen and oxygen atoms in total. The van der Waals surface area contributed by atoms with Crippen LogP contribution in [0.3, 0.4) is 0 Å². The van der Waals surface area contributed by atoms with Gasteiger partial charge in [0.25, 0.3) is 0 Å². The fourth-order valence-corrected chi connectivity index (χ4v) is 2.31. The molecule has 3 rings (SSSR count). The molecule has 0 bridgehead atoms. The summed E-state index contributed by atoms with van der Waals surface area (Å²) in [5.41, 5.74) is 0. The molecule has 4 heteroatoms. The van der Waals surface area contributed by atoms with Crippen molar-refractivity contribution in [3.05, 3.63) is 45.3 Å². The molecule has 0 unspecified atom stereocenters. The summed E-state index contributed by atoms with van der Waals surface area (Å²) in [7, 11) is 0. The van der Waals surface area contributed by atoms with Crippen LogP contribution in [-0.2, 0) is 0 Å². The molecular weight excluding hydrogens is 336 g/mol. The molecule has 80 valence electrons. The van der Waals surface area contributed by atoms with E-state index >= 15 is 0 Å². The largest absolute Gasteiger partial charge is 0.449 e. The molecule has 2 aromatic rings. The van der Waals surface area contributed by atoms with Crippen molar-refractivity contribution < 1.29 is 9.47 Å². The first kappa shape index (κ1) is 10.2. The van der Waals surface area contributed by atoms with E-state index in [4.69, 9.17) is 9.47 Å². The Balaban J connectivity index is 2.13. The molecule has 1 heterocycles. The van der Waals surface area contributed by atoms with Crippen LogP contribution >= 0.6 is 31.9 Å². The van der Waals surface area contributed by atoms with Crippen LogP contribution in [0.25, 0.3) is 0 Å². The van der Waals surface area contributed by atoms with Crippen LogP contribution in [0.15, 0.2) is 45.3 Å². The number of hydrogen-bond acceptors (Lipinski definition) is 2. The van der Waals surface area contributed by atoms with Crippen LogP contribution in [0.1, 0.15) is 0 Å². The predicted octanol–water partition coefficient (Wildman–Crippen LogP) is 5.11. The summed E-state index contributed by atoms with van der Waals surface area (Å²) in [5.74, 6) is 2.89. The van der Waals surface area contributed by atoms with Crippen molar-refractivity contribution >= 4 is 31.9 Å². The maximum absolute atomic E-state index is 5.77. The van der Waals surface area contributed by atoms with Crippen molar-refractivity contribution in [3.63, 3.8) is 0 Å². The Labute approximate surface area is 109 Å². The lowest BCUT2D eigenvalue weighted by Crippen LogP contribution is -1.99. The average Bonchev–Trinajstić information content (AvgIpc) is 2.27. The van der Waals surface area contributed by atoms with Crippen LogP contribution in [0, 0.1) is 0 Å². The molecule has 0 N–H and O–H groups in total. The Morgan fingerprint density at radius 3 is 2.56 bits per heavy atom. The highest BCUT2D eigenvalue weighted by molar-refractivity contribution is 9.10. The second-order valence-corrected chi connectivity index (χ2v) is 5.13. The fourth-order valence-electron chi connectivity index (χ4n) is 1.54. The lowest BCUT2D eigenvalue weighted by atomic mass is 10.2. The average molecular weight is 342 g/mol. The van der Waals surface area contributed by atoms with Crippen LogP contribution in [0.5, 0.6) is 23.0 Å². The fraction of sp³-hybridized carbons (Fsp3) is 0. The minimum Gasteiger partial charge on any atom is -0.449 e. The van der Waals surface area contributed by atoms with Gasteiger partial charge in [-0.1, -0.05) is 22.0 Å². The van der Waals surface area contributed by atoms with Gasteiger partial charge in [0.1, 0.15) is 0 Å². The molecule has 0 aromatic heterocycles. The third-order valence-corrected chi connectivity index (χ3v) is 3.39. The van der Waals surface area contributed by atoms with Crippen molar-refractivity contribution in [1.29, 1.82) is 0 Å². The zero-order valence-corrected chi connectivity index (χ0v) is 11.2. The Morgan fingerprint density at radius 1 is 0.812 bits per heavy atom. The van der Waals surface area contributed by atoms with Crippen molar-refractivity contribution in [2.24, 2.45) is 0 Å². The van der Waals surface area contributed by atoms with E-state index in [-0.39, 0.29) is 0 Å². The highest BCUT2D eigenvalue weighted by atomic mass is 79.9. The molecule has 2 aromatic carbocycles. The Bertz CT molecular complexity index is 567. The van der Waals surface area contributed by atoms with Crippen LogP contribution < -0.4 is 9.47 Å². The SMILES string of the molecule is Brc1ccc2c(c1)Oc1cccc(Br)c1O2. The van der Waals surface area contributed by atoms with Gasteiger partial charge in [0, 0.05) is 4.47 Å². The van der Waals surface area contributed by atoms with Crippen LogP contribution in [0.2, 0.25) is 0 Å². The number of rotatable bonds is 0. The van der Waals surface area contributed by atoms with Gasteiger partial charge < -0.3 is 9.47 Å². The van der Waals surface area contributed by atoms with E-state index in [1.54, 1.807) is 0 Å². The Hall–Kier alpha value is -1.00. The van der Waals surface area contributed by atoms with E-state index in [2.05, 4.69) is 31.9 Å². The molecule has 0 saturated heterocycles. The molecule has 0 aliphatic carbocycles. The first-order valence-electron chi connectivity index (χ1n) is 4.68. The lowest BCUT2D eigenvalue weighted by Gasteiger charge is -2.21. The minimum absolute atomic E-state index is 0.720. The van der Waals surface area contributed by atoms with Crippen LogP contribution in [-0.4, -0.2) is 0 Å². The summed E-state index contributed by atoms with van der Waals surface area (Å²) in [6.45, 7) is 0.